The van der Waals surface area contributed by atoms with Crippen LogP contribution in [0.25, 0.3) is 0 Å². The molecule has 0 N–H and O–H groups in total. The topological polar surface area (TPSA) is 81.4 Å². The lowest BCUT2D eigenvalue weighted by molar-refractivity contribution is -0.385. The number of nitro groups is 1. The lowest BCUT2D eigenvalue weighted by Gasteiger charge is -2.15. The molecule has 0 radical (unpaired) electrons. The van der Waals surface area contributed by atoms with Crippen LogP contribution in [0.2, 0.25) is 0 Å². The van der Waals surface area contributed by atoms with E-state index >= 15 is 0 Å². The summed E-state index contributed by atoms with van der Waals surface area (Å²) in [6.07, 6.45) is -4.14. The van der Waals surface area contributed by atoms with E-state index in [1.165, 1.54) is 31.1 Å². The van der Waals surface area contributed by atoms with Gasteiger partial charge in [-0.3, -0.25) is 10.1 Å². The van der Waals surface area contributed by atoms with Gasteiger partial charge in [0.15, 0.2) is 5.69 Å². The van der Waals surface area contributed by atoms with Gasteiger partial charge in [-0.2, -0.15) is 23.1 Å². The molecule has 0 aliphatic heterocycles. The fraction of sp³-hybridized carbons (Fsp3) is 0.333. The first-order valence-corrected chi connectivity index (χ1v) is 7.20. The summed E-state index contributed by atoms with van der Waals surface area (Å²) in [4.78, 5) is 19.0. The first-order chi connectivity index (χ1) is 11.6. The number of alkyl halides is 3. The molecule has 0 unspecified atom stereocenters. The van der Waals surface area contributed by atoms with Gasteiger partial charge in [-0.15, -0.1) is 0 Å². The van der Waals surface area contributed by atoms with E-state index in [0.717, 1.165) is 6.07 Å². The number of rotatable bonds is 5. The number of ether oxygens (including phenoxy) is 1. The molecular formula is C15H15F3N4O3. The predicted molar refractivity (Wildman–Crippen MR) is 83.9 cm³/mol. The van der Waals surface area contributed by atoms with Crippen molar-refractivity contribution in [3.63, 3.8) is 0 Å². The molecule has 2 aromatic rings. The maximum Gasteiger partial charge on any atom is 0.433 e. The van der Waals surface area contributed by atoms with Gasteiger partial charge in [0.1, 0.15) is 5.82 Å². The highest BCUT2D eigenvalue weighted by Crippen LogP contribution is 2.34. The van der Waals surface area contributed by atoms with E-state index in [2.05, 4.69) is 9.97 Å². The zero-order chi connectivity index (χ0) is 18.8. The molecule has 0 atom stereocenters. The number of nitrogens with zero attached hydrogens (tertiary/aromatic N) is 4. The van der Waals surface area contributed by atoms with Gasteiger partial charge in [0.2, 0.25) is 5.75 Å². The Bertz CT molecular complexity index is 794. The Kier molecular flexibility index (Phi) is 5.10. The van der Waals surface area contributed by atoms with Crippen LogP contribution < -0.4 is 9.64 Å². The van der Waals surface area contributed by atoms with Crippen molar-refractivity contribution < 1.29 is 22.8 Å². The Morgan fingerprint density at radius 3 is 2.44 bits per heavy atom. The second-order valence-electron chi connectivity index (χ2n) is 5.30. The number of nitro benzene ring substituents is 1. The zero-order valence-corrected chi connectivity index (χ0v) is 13.7. The molecule has 7 nitrogen and oxygen atoms in total. The molecule has 25 heavy (non-hydrogen) atoms. The van der Waals surface area contributed by atoms with Crippen LogP contribution in [0.15, 0.2) is 24.3 Å². The molecule has 0 fully saturated rings. The minimum atomic E-state index is -4.70. The largest absolute Gasteiger partial charge is 0.433 e. The van der Waals surface area contributed by atoms with Crippen LogP contribution in [-0.4, -0.2) is 29.0 Å². The van der Waals surface area contributed by atoms with Crippen molar-refractivity contribution in [1.82, 2.24) is 9.97 Å². The van der Waals surface area contributed by atoms with Gasteiger partial charge in [-0.25, -0.2) is 0 Å². The third-order valence-corrected chi connectivity index (χ3v) is 3.27. The number of aromatic nitrogens is 2. The predicted octanol–water partition coefficient (Wildman–Crippen LogP) is 3.82. The van der Waals surface area contributed by atoms with Crippen molar-refractivity contribution in [3.05, 3.63) is 45.6 Å². The van der Waals surface area contributed by atoms with Crippen molar-refractivity contribution in [2.75, 3.05) is 19.0 Å². The number of hydrogen-bond acceptors (Lipinski definition) is 6. The summed E-state index contributed by atoms with van der Waals surface area (Å²) in [5.74, 6) is -0.267. The Labute approximate surface area is 141 Å². The number of aryl methyl sites for hydroxylation is 1. The Morgan fingerprint density at radius 2 is 1.92 bits per heavy atom. The first kappa shape index (κ1) is 18.4. The minimum absolute atomic E-state index is 0.0369. The van der Waals surface area contributed by atoms with E-state index < -0.39 is 22.8 Å². The quantitative estimate of drug-likeness (QED) is 0.598. The van der Waals surface area contributed by atoms with Gasteiger partial charge >= 0.3 is 17.9 Å². The van der Waals surface area contributed by atoms with Crippen molar-refractivity contribution in [2.45, 2.75) is 19.5 Å². The van der Waals surface area contributed by atoms with E-state index in [1.807, 2.05) is 6.92 Å². The molecule has 0 saturated heterocycles. The highest BCUT2D eigenvalue weighted by atomic mass is 19.4. The maximum absolute atomic E-state index is 13.0. The molecule has 0 amide bonds. The Hall–Kier alpha value is -2.91. The summed E-state index contributed by atoms with van der Waals surface area (Å²) in [5.41, 5.74) is -0.876. The summed E-state index contributed by atoms with van der Waals surface area (Å²) >= 11 is 0. The van der Waals surface area contributed by atoms with Crippen LogP contribution in [0.4, 0.5) is 24.7 Å². The van der Waals surface area contributed by atoms with E-state index in [9.17, 15) is 23.3 Å². The fourth-order valence-corrected chi connectivity index (χ4v) is 1.94. The molecule has 0 aliphatic rings. The van der Waals surface area contributed by atoms with E-state index in [1.54, 1.807) is 6.07 Å². The van der Waals surface area contributed by atoms with Crippen LogP contribution in [-0.2, 0) is 12.6 Å². The molecule has 0 saturated carbocycles. The van der Waals surface area contributed by atoms with Gasteiger partial charge in [0.25, 0.3) is 0 Å². The summed E-state index contributed by atoms with van der Waals surface area (Å²) in [6, 6.07) is 4.35. The Morgan fingerprint density at radius 1 is 1.24 bits per heavy atom. The van der Waals surface area contributed by atoms with E-state index in [4.69, 9.17) is 4.74 Å². The maximum atomic E-state index is 13.0. The smallest absolute Gasteiger partial charge is 0.417 e. The SMILES string of the molecule is CCc1ccc(Oc2nc(N(C)C)cc(C(F)(F)F)n2)c([N+](=O)[O-])c1. The third-order valence-electron chi connectivity index (χ3n) is 3.27. The van der Waals surface area contributed by atoms with Crippen LogP contribution >= 0.6 is 0 Å². The highest BCUT2D eigenvalue weighted by Gasteiger charge is 2.34. The molecule has 0 spiro atoms. The minimum Gasteiger partial charge on any atom is -0.417 e. The van der Waals surface area contributed by atoms with E-state index in [0.29, 0.717) is 12.0 Å². The lowest BCUT2D eigenvalue weighted by Crippen LogP contribution is -2.16. The van der Waals surface area contributed by atoms with Gasteiger partial charge in [-0.05, 0) is 18.1 Å². The molecule has 0 bridgehead atoms. The van der Waals surface area contributed by atoms with Crippen molar-refractivity contribution in [3.8, 4) is 11.8 Å². The monoisotopic (exact) mass is 356 g/mol. The molecule has 0 aliphatic carbocycles. The van der Waals surface area contributed by atoms with Crippen LogP contribution in [0, 0.1) is 10.1 Å². The third kappa shape index (κ3) is 4.34. The normalized spacial score (nSPS) is 11.3. The highest BCUT2D eigenvalue weighted by molar-refractivity contribution is 5.50. The first-order valence-electron chi connectivity index (χ1n) is 7.20. The molecule has 1 aromatic heterocycles. The van der Waals surface area contributed by atoms with Crippen LogP contribution in [0.5, 0.6) is 11.8 Å². The number of hydrogen-bond donors (Lipinski definition) is 0. The average molecular weight is 356 g/mol. The Balaban J connectivity index is 2.50. The summed E-state index contributed by atoms with van der Waals surface area (Å²) in [5, 5.41) is 11.2. The number of halogens is 3. The fourth-order valence-electron chi connectivity index (χ4n) is 1.94. The van der Waals surface area contributed by atoms with Gasteiger partial charge in [0, 0.05) is 26.2 Å². The average Bonchev–Trinajstić information content (AvgIpc) is 2.53. The summed E-state index contributed by atoms with van der Waals surface area (Å²) in [7, 11) is 3.01. The van der Waals surface area contributed by atoms with Gasteiger partial charge in [0.05, 0.1) is 4.92 Å². The second-order valence-corrected chi connectivity index (χ2v) is 5.30. The van der Waals surface area contributed by atoms with Crippen molar-refractivity contribution >= 4 is 11.5 Å². The molecule has 134 valence electrons. The molecule has 1 aromatic carbocycles. The second kappa shape index (κ2) is 6.91. The molecule has 10 heteroatoms. The van der Waals surface area contributed by atoms with Crippen molar-refractivity contribution in [1.29, 1.82) is 0 Å². The molecular weight excluding hydrogens is 341 g/mol. The van der Waals surface area contributed by atoms with E-state index in [-0.39, 0.29) is 17.3 Å². The zero-order valence-electron chi connectivity index (χ0n) is 13.7. The lowest BCUT2D eigenvalue weighted by atomic mass is 10.1. The summed E-state index contributed by atoms with van der Waals surface area (Å²) in [6.45, 7) is 1.82. The number of anilines is 1. The molecule has 1 heterocycles. The molecule has 2 rings (SSSR count). The number of benzene rings is 1. The van der Waals surface area contributed by atoms with Crippen LogP contribution in [0.1, 0.15) is 18.2 Å². The van der Waals surface area contributed by atoms with Gasteiger partial charge in [-0.1, -0.05) is 13.0 Å². The van der Waals surface area contributed by atoms with Crippen LogP contribution in [0.3, 0.4) is 0 Å². The van der Waals surface area contributed by atoms with Crippen molar-refractivity contribution in [2.24, 2.45) is 0 Å². The summed E-state index contributed by atoms with van der Waals surface area (Å²) < 4.78 is 44.2. The standard InChI is InChI=1S/C15H15F3N4O3/c1-4-9-5-6-11(10(7-9)22(23)24)25-14-19-12(15(16,17)18)8-13(20-14)21(2)3/h5-8H,4H2,1-3H3. The van der Waals surface area contributed by atoms with Gasteiger partial charge < -0.3 is 9.64 Å².